The molecule has 0 spiro atoms. The van der Waals surface area contributed by atoms with Gasteiger partial charge in [-0.3, -0.25) is 4.79 Å². The van der Waals surface area contributed by atoms with Crippen molar-refractivity contribution in [2.45, 2.75) is 31.7 Å². The highest BCUT2D eigenvalue weighted by molar-refractivity contribution is 5.75. The van der Waals surface area contributed by atoms with Crippen LogP contribution in [0.4, 0.5) is 0 Å². The molecule has 0 amide bonds. The van der Waals surface area contributed by atoms with E-state index in [0.29, 0.717) is 11.8 Å². The molecule has 13 heavy (non-hydrogen) atoms. The SMILES string of the molecule is COC(=O)[C@H]1[C@H]2CC[C@H](C2)[C@@]1(C)N. The van der Waals surface area contributed by atoms with E-state index in [9.17, 15) is 4.79 Å². The number of fused-ring (bicyclic) bond motifs is 2. The molecule has 2 bridgehead atoms. The van der Waals surface area contributed by atoms with Crippen molar-refractivity contribution in [3.05, 3.63) is 0 Å². The van der Waals surface area contributed by atoms with Crippen molar-refractivity contribution in [1.29, 1.82) is 0 Å². The van der Waals surface area contributed by atoms with E-state index >= 15 is 0 Å². The van der Waals surface area contributed by atoms with Gasteiger partial charge in [0.2, 0.25) is 0 Å². The summed E-state index contributed by atoms with van der Waals surface area (Å²) in [5, 5.41) is 0. The number of hydrogen-bond acceptors (Lipinski definition) is 3. The highest BCUT2D eigenvalue weighted by atomic mass is 16.5. The van der Waals surface area contributed by atoms with Crippen LogP contribution in [0.25, 0.3) is 0 Å². The Hall–Kier alpha value is -0.570. The predicted molar refractivity (Wildman–Crippen MR) is 48.9 cm³/mol. The second-order valence-corrected chi connectivity index (χ2v) is 4.64. The van der Waals surface area contributed by atoms with Gasteiger partial charge in [-0.2, -0.15) is 0 Å². The van der Waals surface area contributed by atoms with Gasteiger partial charge in [-0.25, -0.2) is 0 Å². The quantitative estimate of drug-likeness (QED) is 0.615. The molecule has 2 fully saturated rings. The van der Waals surface area contributed by atoms with Crippen molar-refractivity contribution >= 4 is 5.97 Å². The van der Waals surface area contributed by atoms with Gasteiger partial charge in [-0.1, -0.05) is 0 Å². The zero-order valence-corrected chi connectivity index (χ0v) is 8.25. The van der Waals surface area contributed by atoms with E-state index in [1.165, 1.54) is 13.5 Å². The summed E-state index contributed by atoms with van der Waals surface area (Å²) < 4.78 is 4.80. The zero-order valence-electron chi connectivity index (χ0n) is 8.25. The molecule has 0 aromatic heterocycles. The van der Waals surface area contributed by atoms with Crippen LogP contribution in [0, 0.1) is 17.8 Å². The highest BCUT2D eigenvalue weighted by Crippen LogP contribution is 2.53. The minimum absolute atomic E-state index is 0.0590. The van der Waals surface area contributed by atoms with E-state index in [1.807, 2.05) is 6.92 Å². The van der Waals surface area contributed by atoms with Crippen LogP contribution in [-0.4, -0.2) is 18.6 Å². The highest BCUT2D eigenvalue weighted by Gasteiger charge is 2.56. The summed E-state index contributed by atoms with van der Waals surface area (Å²) in [6, 6.07) is 0. The van der Waals surface area contributed by atoms with Crippen LogP contribution < -0.4 is 5.73 Å². The average Bonchev–Trinajstić information content (AvgIpc) is 2.60. The Balaban J connectivity index is 2.23. The van der Waals surface area contributed by atoms with Crippen molar-refractivity contribution < 1.29 is 9.53 Å². The van der Waals surface area contributed by atoms with E-state index in [0.717, 1.165) is 12.8 Å². The van der Waals surface area contributed by atoms with E-state index in [4.69, 9.17) is 10.5 Å². The predicted octanol–water partition coefficient (Wildman–Crippen LogP) is 0.923. The van der Waals surface area contributed by atoms with Crippen molar-refractivity contribution in [2.75, 3.05) is 7.11 Å². The van der Waals surface area contributed by atoms with Gasteiger partial charge in [-0.15, -0.1) is 0 Å². The number of rotatable bonds is 1. The fourth-order valence-corrected chi connectivity index (χ4v) is 3.22. The Morgan fingerprint density at radius 2 is 2.23 bits per heavy atom. The maximum atomic E-state index is 11.5. The summed E-state index contributed by atoms with van der Waals surface area (Å²) in [6.07, 6.45) is 3.45. The third-order valence-corrected chi connectivity index (χ3v) is 3.95. The Labute approximate surface area is 78.6 Å². The monoisotopic (exact) mass is 183 g/mol. The molecule has 74 valence electrons. The van der Waals surface area contributed by atoms with Crippen molar-refractivity contribution in [2.24, 2.45) is 23.5 Å². The van der Waals surface area contributed by atoms with Crippen LogP contribution in [-0.2, 0) is 9.53 Å². The van der Waals surface area contributed by atoms with E-state index in [2.05, 4.69) is 0 Å². The van der Waals surface area contributed by atoms with E-state index in [-0.39, 0.29) is 17.4 Å². The molecule has 0 saturated heterocycles. The van der Waals surface area contributed by atoms with Crippen LogP contribution >= 0.6 is 0 Å². The molecule has 4 atom stereocenters. The molecule has 0 aromatic rings. The minimum Gasteiger partial charge on any atom is -0.469 e. The van der Waals surface area contributed by atoms with Gasteiger partial charge in [0, 0.05) is 5.54 Å². The Morgan fingerprint density at radius 3 is 2.69 bits per heavy atom. The molecule has 3 nitrogen and oxygen atoms in total. The Kier molecular flexibility index (Phi) is 1.88. The third kappa shape index (κ3) is 1.10. The summed E-state index contributed by atoms with van der Waals surface area (Å²) >= 11 is 0. The summed E-state index contributed by atoms with van der Waals surface area (Å²) in [7, 11) is 1.45. The lowest BCUT2D eigenvalue weighted by molar-refractivity contribution is -0.149. The number of methoxy groups -OCH3 is 1. The molecular formula is C10H17NO2. The normalized spacial score (nSPS) is 48.1. The minimum atomic E-state index is -0.323. The summed E-state index contributed by atoms with van der Waals surface area (Å²) in [5.41, 5.74) is 5.86. The molecule has 2 N–H and O–H groups in total. The summed E-state index contributed by atoms with van der Waals surface area (Å²) in [6.45, 7) is 2.00. The first-order valence-corrected chi connectivity index (χ1v) is 4.94. The molecule has 3 heteroatoms. The summed E-state index contributed by atoms with van der Waals surface area (Å²) in [5.74, 6) is 0.836. The fraction of sp³-hybridized carbons (Fsp3) is 0.900. The molecule has 2 aliphatic rings. The van der Waals surface area contributed by atoms with Gasteiger partial charge in [0.15, 0.2) is 0 Å². The molecule has 2 saturated carbocycles. The molecule has 2 aliphatic carbocycles. The number of carbonyl (C=O) groups excluding carboxylic acids is 1. The summed E-state index contributed by atoms with van der Waals surface area (Å²) in [4.78, 5) is 11.5. The van der Waals surface area contributed by atoms with Crippen LogP contribution in [0.1, 0.15) is 26.2 Å². The van der Waals surface area contributed by atoms with Crippen LogP contribution in [0.2, 0.25) is 0 Å². The van der Waals surface area contributed by atoms with Crippen LogP contribution in [0.15, 0.2) is 0 Å². The first kappa shape index (κ1) is 9.00. The Morgan fingerprint density at radius 1 is 1.54 bits per heavy atom. The number of ether oxygens (including phenoxy) is 1. The van der Waals surface area contributed by atoms with E-state index < -0.39 is 0 Å². The fourth-order valence-electron chi connectivity index (χ4n) is 3.22. The van der Waals surface area contributed by atoms with Gasteiger partial charge in [0.05, 0.1) is 13.0 Å². The second-order valence-electron chi connectivity index (χ2n) is 4.64. The smallest absolute Gasteiger partial charge is 0.310 e. The maximum absolute atomic E-state index is 11.5. The number of hydrogen-bond donors (Lipinski definition) is 1. The van der Waals surface area contributed by atoms with Gasteiger partial charge in [0.25, 0.3) is 0 Å². The molecule has 0 aliphatic heterocycles. The Bertz CT molecular complexity index is 237. The number of nitrogens with two attached hydrogens (primary N) is 1. The molecule has 0 aromatic carbocycles. The first-order chi connectivity index (χ1) is 6.07. The standard InChI is InChI=1S/C10H17NO2/c1-10(11)7-4-3-6(5-7)8(10)9(12)13-2/h6-8H,3-5,11H2,1-2H3/t6-,7+,8+,10+/m0/s1. The van der Waals surface area contributed by atoms with Crippen molar-refractivity contribution in [1.82, 2.24) is 0 Å². The van der Waals surface area contributed by atoms with Crippen molar-refractivity contribution in [3.63, 3.8) is 0 Å². The lowest BCUT2D eigenvalue weighted by Gasteiger charge is -2.35. The molecule has 2 rings (SSSR count). The zero-order chi connectivity index (χ0) is 9.64. The second kappa shape index (κ2) is 2.71. The maximum Gasteiger partial charge on any atom is 0.310 e. The van der Waals surface area contributed by atoms with E-state index in [1.54, 1.807) is 0 Å². The number of carbonyl (C=O) groups is 1. The largest absolute Gasteiger partial charge is 0.469 e. The van der Waals surface area contributed by atoms with Crippen molar-refractivity contribution in [3.8, 4) is 0 Å². The topological polar surface area (TPSA) is 52.3 Å². The average molecular weight is 183 g/mol. The third-order valence-electron chi connectivity index (χ3n) is 3.95. The van der Waals surface area contributed by atoms with Gasteiger partial charge in [0.1, 0.15) is 0 Å². The van der Waals surface area contributed by atoms with Gasteiger partial charge < -0.3 is 10.5 Å². The number of esters is 1. The molecular weight excluding hydrogens is 166 g/mol. The lowest BCUT2D eigenvalue weighted by Crippen LogP contribution is -2.52. The molecule has 0 radical (unpaired) electrons. The molecule has 0 heterocycles. The van der Waals surface area contributed by atoms with Gasteiger partial charge in [-0.05, 0) is 38.0 Å². The first-order valence-electron chi connectivity index (χ1n) is 4.94. The van der Waals surface area contributed by atoms with Crippen LogP contribution in [0.3, 0.4) is 0 Å². The lowest BCUT2D eigenvalue weighted by atomic mass is 9.75. The van der Waals surface area contributed by atoms with Crippen LogP contribution in [0.5, 0.6) is 0 Å². The molecule has 0 unspecified atom stereocenters. The van der Waals surface area contributed by atoms with Gasteiger partial charge >= 0.3 is 5.97 Å².